The summed E-state index contributed by atoms with van der Waals surface area (Å²) in [6, 6.07) is -4.23. The minimum Gasteiger partial charge on any atom is -0.480 e. The zero-order chi connectivity index (χ0) is 34.3. The van der Waals surface area contributed by atoms with E-state index in [9.17, 15) is 38.7 Å². The minimum atomic E-state index is -1.28. The standard InChI is InChI=1S/C27H47N9O9/c1-14(2)11-17(34-24(42)18-8-6-10-36(18)27(44)45)23(41)31-12-19(37)35-21(15(3)4)25(43)33-16(7-5-9-30-26(28)29)22(40)32-13-20(38)39/h14-18,21H,5-13H2,1-4H3,(H,31,41)(H,32,40)(H,33,43)(H,34,42)(H,35,37)(H,38,39)(H,44,45)(H4,28,29,30)/t16-,17-,18-,21-/m0/s1. The average molecular weight is 642 g/mol. The molecule has 1 fully saturated rings. The molecule has 18 nitrogen and oxygen atoms in total. The molecule has 0 radical (unpaired) electrons. The molecule has 254 valence electrons. The van der Waals surface area contributed by atoms with Crippen LogP contribution < -0.4 is 38.1 Å². The molecule has 0 unspecified atom stereocenters. The lowest BCUT2D eigenvalue weighted by atomic mass is 10.0. The van der Waals surface area contributed by atoms with Gasteiger partial charge in [-0.25, -0.2) is 4.79 Å². The van der Waals surface area contributed by atoms with Gasteiger partial charge in [0.25, 0.3) is 0 Å². The Morgan fingerprint density at radius 2 is 1.49 bits per heavy atom. The first-order valence-corrected chi connectivity index (χ1v) is 14.8. The number of hydrogen-bond donors (Lipinski definition) is 9. The highest BCUT2D eigenvalue weighted by Crippen LogP contribution is 2.18. The Bertz CT molecular complexity index is 1110. The van der Waals surface area contributed by atoms with Gasteiger partial charge in [-0.1, -0.05) is 27.7 Å². The number of carboxylic acids is 1. The van der Waals surface area contributed by atoms with Gasteiger partial charge < -0.3 is 48.3 Å². The van der Waals surface area contributed by atoms with Crippen molar-refractivity contribution in [1.82, 2.24) is 31.5 Å². The van der Waals surface area contributed by atoms with Gasteiger partial charge in [0.15, 0.2) is 5.96 Å². The first kappa shape index (κ1) is 38.4. The number of nitrogens with one attached hydrogen (secondary N) is 5. The quantitative estimate of drug-likeness (QED) is 0.0434. The molecule has 0 aromatic rings. The molecule has 1 rings (SSSR count). The lowest BCUT2D eigenvalue weighted by molar-refractivity contribution is -0.138. The van der Waals surface area contributed by atoms with Crippen LogP contribution in [0, 0.1) is 11.8 Å². The second-order valence-corrected chi connectivity index (χ2v) is 11.5. The molecule has 0 spiro atoms. The molecule has 0 saturated carbocycles. The third-order valence-corrected chi connectivity index (χ3v) is 6.82. The molecule has 1 aliphatic heterocycles. The Morgan fingerprint density at radius 1 is 0.867 bits per heavy atom. The maximum Gasteiger partial charge on any atom is 0.407 e. The summed E-state index contributed by atoms with van der Waals surface area (Å²) in [4.78, 5) is 91.5. The predicted octanol–water partition coefficient (Wildman–Crippen LogP) is -2.34. The summed E-state index contributed by atoms with van der Waals surface area (Å²) in [6.45, 7) is 6.14. The van der Waals surface area contributed by atoms with Crippen LogP contribution in [0.4, 0.5) is 4.79 Å². The van der Waals surface area contributed by atoms with Gasteiger partial charge in [-0.3, -0.25) is 38.7 Å². The van der Waals surface area contributed by atoms with Crippen LogP contribution in [0.15, 0.2) is 4.99 Å². The number of aliphatic imine (C=N–C) groups is 1. The van der Waals surface area contributed by atoms with Gasteiger partial charge in [0, 0.05) is 13.1 Å². The number of nitrogens with two attached hydrogens (primary N) is 2. The molecule has 45 heavy (non-hydrogen) atoms. The first-order valence-electron chi connectivity index (χ1n) is 14.8. The Hall–Kier alpha value is -4.64. The number of aliphatic carboxylic acids is 1. The highest BCUT2D eigenvalue weighted by Gasteiger charge is 2.36. The fourth-order valence-electron chi connectivity index (χ4n) is 4.61. The zero-order valence-electron chi connectivity index (χ0n) is 26.1. The van der Waals surface area contributed by atoms with Crippen LogP contribution in [0.25, 0.3) is 0 Å². The van der Waals surface area contributed by atoms with Crippen LogP contribution in [0.1, 0.15) is 59.8 Å². The van der Waals surface area contributed by atoms with E-state index >= 15 is 0 Å². The fraction of sp³-hybridized carbons (Fsp3) is 0.704. The first-order chi connectivity index (χ1) is 21.0. The summed E-state index contributed by atoms with van der Waals surface area (Å²) < 4.78 is 0. The van der Waals surface area contributed by atoms with Crippen LogP contribution in [-0.2, 0) is 28.8 Å². The number of nitrogens with zero attached hydrogens (tertiary/aromatic N) is 2. The number of carbonyl (C=O) groups excluding carboxylic acids is 5. The largest absolute Gasteiger partial charge is 0.480 e. The third-order valence-electron chi connectivity index (χ3n) is 6.82. The van der Waals surface area contributed by atoms with E-state index in [1.807, 2.05) is 13.8 Å². The highest BCUT2D eigenvalue weighted by molar-refractivity contribution is 5.95. The molecular formula is C27H47N9O9. The van der Waals surface area contributed by atoms with Crippen LogP contribution in [-0.4, -0.2) is 113 Å². The van der Waals surface area contributed by atoms with E-state index in [-0.39, 0.29) is 44.2 Å². The van der Waals surface area contributed by atoms with Gasteiger partial charge in [0.05, 0.1) is 6.54 Å². The Kier molecular flexibility index (Phi) is 16.1. The topological polar surface area (TPSA) is 288 Å². The van der Waals surface area contributed by atoms with E-state index < -0.39 is 84.8 Å². The van der Waals surface area contributed by atoms with Crippen molar-refractivity contribution in [2.75, 3.05) is 26.2 Å². The van der Waals surface area contributed by atoms with E-state index in [2.05, 4.69) is 31.6 Å². The molecule has 0 aromatic heterocycles. The minimum absolute atomic E-state index is 0.0249. The van der Waals surface area contributed by atoms with Crippen LogP contribution in [0.2, 0.25) is 0 Å². The number of amides is 6. The lowest BCUT2D eigenvalue weighted by Gasteiger charge is -2.26. The number of guanidine groups is 1. The molecule has 0 aliphatic carbocycles. The summed E-state index contributed by atoms with van der Waals surface area (Å²) in [6.07, 6.45) is 0.185. The van der Waals surface area contributed by atoms with Crippen LogP contribution in [0.5, 0.6) is 0 Å². The summed E-state index contributed by atoms with van der Waals surface area (Å²) in [5.74, 6) is -5.36. The number of carbonyl (C=O) groups is 7. The monoisotopic (exact) mass is 641 g/mol. The van der Waals surface area contributed by atoms with E-state index in [1.54, 1.807) is 13.8 Å². The van der Waals surface area contributed by atoms with E-state index in [0.29, 0.717) is 12.8 Å². The van der Waals surface area contributed by atoms with Gasteiger partial charge in [-0.05, 0) is 43.9 Å². The maximum absolute atomic E-state index is 13.1. The number of likely N-dealkylation sites (tertiary alicyclic amines) is 1. The smallest absolute Gasteiger partial charge is 0.407 e. The van der Waals surface area contributed by atoms with Crippen molar-refractivity contribution < 1.29 is 43.8 Å². The Morgan fingerprint density at radius 3 is 2.04 bits per heavy atom. The lowest BCUT2D eigenvalue weighted by Crippen LogP contribution is -2.57. The van der Waals surface area contributed by atoms with E-state index in [1.165, 1.54) is 0 Å². The van der Waals surface area contributed by atoms with Crippen molar-refractivity contribution in [3.05, 3.63) is 0 Å². The normalized spacial score (nSPS) is 16.2. The zero-order valence-corrected chi connectivity index (χ0v) is 26.1. The predicted molar refractivity (Wildman–Crippen MR) is 161 cm³/mol. The molecular weight excluding hydrogens is 594 g/mol. The van der Waals surface area contributed by atoms with Gasteiger partial charge in [-0.15, -0.1) is 0 Å². The summed E-state index contributed by atoms with van der Waals surface area (Å²) in [5, 5.41) is 30.5. The molecule has 1 heterocycles. The molecule has 11 N–H and O–H groups in total. The average Bonchev–Trinajstić information content (AvgIpc) is 3.44. The Labute approximate surface area is 261 Å². The molecule has 6 amide bonds. The Balaban J connectivity index is 2.86. The van der Waals surface area contributed by atoms with Crippen molar-refractivity contribution in [1.29, 1.82) is 0 Å². The molecule has 4 atom stereocenters. The van der Waals surface area contributed by atoms with Gasteiger partial charge >= 0.3 is 12.1 Å². The van der Waals surface area contributed by atoms with Crippen molar-refractivity contribution in [2.45, 2.75) is 84.0 Å². The van der Waals surface area contributed by atoms with Crippen molar-refractivity contribution >= 4 is 47.6 Å². The van der Waals surface area contributed by atoms with Gasteiger partial charge in [0.1, 0.15) is 30.7 Å². The maximum atomic E-state index is 13.1. The fourth-order valence-corrected chi connectivity index (χ4v) is 4.61. The summed E-state index contributed by atoms with van der Waals surface area (Å²) in [5.41, 5.74) is 10.6. The van der Waals surface area contributed by atoms with Crippen LogP contribution in [0.3, 0.4) is 0 Å². The van der Waals surface area contributed by atoms with Gasteiger partial charge in [-0.2, -0.15) is 0 Å². The van der Waals surface area contributed by atoms with E-state index in [4.69, 9.17) is 16.6 Å². The molecule has 1 aliphatic rings. The second kappa shape index (κ2) is 18.9. The van der Waals surface area contributed by atoms with Crippen LogP contribution >= 0.6 is 0 Å². The van der Waals surface area contributed by atoms with Crippen molar-refractivity contribution in [3.63, 3.8) is 0 Å². The van der Waals surface area contributed by atoms with Crippen molar-refractivity contribution in [3.8, 4) is 0 Å². The second-order valence-electron chi connectivity index (χ2n) is 11.5. The number of rotatable bonds is 18. The highest BCUT2D eigenvalue weighted by atomic mass is 16.4. The number of carboxylic acid groups (broad SMARTS) is 2. The number of hydrogen-bond acceptors (Lipinski definition) is 8. The summed E-state index contributed by atoms with van der Waals surface area (Å²) in [7, 11) is 0. The van der Waals surface area contributed by atoms with E-state index in [0.717, 1.165) is 4.90 Å². The molecule has 1 saturated heterocycles. The molecule has 18 heteroatoms. The summed E-state index contributed by atoms with van der Waals surface area (Å²) >= 11 is 0. The SMILES string of the molecule is CC(C)C[C@H](NC(=O)[C@@H]1CCCN1C(=O)O)C(=O)NCC(=O)N[C@H](C(=O)N[C@@H](CCCN=C(N)N)C(=O)NCC(=O)O)C(C)C. The third kappa shape index (κ3) is 14.1. The molecule has 0 bridgehead atoms. The van der Waals surface area contributed by atoms with Gasteiger partial charge in [0.2, 0.25) is 29.5 Å². The molecule has 0 aromatic carbocycles. The van der Waals surface area contributed by atoms with Crippen molar-refractivity contribution in [2.24, 2.45) is 28.3 Å².